The second kappa shape index (κ2) is 7.94. The zero-order valence-electron chi connectivity index (χ0n) is 13.8. The minimum Gasteiger partial charge on any atom is -0.339 e. The number of carbonyl (C=O) groups is 1. The van der Waals surface area contributed by atoms with Gasteiger partial charge in [-0.3, -0.25) is 9.89 Å². The van der Waals surface area contributed by atoms with E-state index in [4.69, 9.17) is 16.1 Å². The Kier molecular flexibility index (Phi) is 5.45. The van der Waals surface area contributed by atoms with Crippen LogP contribution in [0.2, 0.25) is 5.02 Å². The van der Waals surface area contributed by atoms with Crippen LogP contribution < -0.4 is 5.32 Å². The molecule has 7 nitrogen and oxygen atoms in total. The standard InChI is InChI=1S/C17H18ClN5O2/c1-2-13-10-14(22-21-13)19-15(24)4-3-5-16-20-17(23-25-16)11-6-8-12(18)9-7-11/h6-10H,2-5H2,1H3,(H2,19,21,22,24). The molecule has 25 heavy (non-hydrogen) atoms. The number of nitrogens with zero attached hydrogens (tertiary/aromatic N) is 3. The predicted octanol–water partition coefficient (Wildman–Crippen LogP) is 3.64. The van der Waals surface area contributed by atoms with E-state index in [1.807, 2.05) is 25.1 Å². The predicted molar refractivity (Wildman–Crippen MR) is 94.3 cm³/mol. The van der Waals surface area contributed by atoms with Gasteiger partial charge in [-0.25, -0.2) is 0 Å². The molecule has 0 saturated heterocycles. The molecular formula is C17H18ClN5O2. The van der Waals surface area contributed by atoms with Crippen LogP contribution in [0.5, 0.6) is 0 Å². The van der Waals surface area contributed by atoms with Crippen LogP contribution in [0.25, 0.3) is 11.4 Å². The van der Waals surface area contributed by atoms with E-state index < -0.39 is 0 Å². The smallest absolute Gasteiger partial charge is 0.226 e. The van der Waals surface area contributed by atoms with Gasteiger partial charge in [-0.05, 0) is 37.1 Å². The van der Waals surface area contributed by atoms with Crippen molar-refractivity contribution in [2.45, 2.75) is 32.6 Å². The molecule has 1 amide bonds. The van der Waals surface area contributed by atoms with Crippen LogP contribution in [0.15, 0.2) is 34.9 Å². The maximum Gasteiger partial charge on any atom is 0.226 e. The number of aromatic amines is 1. The normalized spacial score (nSPS) is 10.8. The van der Waals surface area contributed by atoms with Crippen LogP contribution in [0, 0.1) is 0 Å². The van der Waals surface area contributed by atoms with Crippen molar-refractivity contribution >= 4 is 23.3 Å². The first-order chi connectivity index (χ1) is 12.1. The molecule has 0 aliphatic heterocycles. The minimum atomic E-state index is -0.0911. The molecule has 2 heterocycles. The number of rotatable bonds is 7. The van der Waals surface area contributed by atoms with Crippen molar-refractivity contribution in [1.82, 2.24) is 20.3 Å². The molecule has 8 heteroatoms. The molecule has 0 aliphatic rings. The molecule has 0 fully saturated rings. The fraction of sp³-hybridized carbons (Fsp3) is 0.294. The Morgan fingerprint density at radius 2 is 2.12 bits per heavy atom. The van der Waals surface area contributed by atoms with E-state index in [0.29, 0.717) is 41.8 Å². The van der Waals surface area contributed by atoms with E-state index in [0.717, 1.165) is 17.7 Å². The van der Waals surface area contributed by atoms with Crippen LogP contribution in [0.1, 0.15) is 31.4 Å². The Hall–Kier alpha value is -2.67. The highest BCUT2D eigenvalue weighted by atomic mass is 35.5. The summed E-state index contributed by atoms with van der Waals surface area (Å²) >= 11 is 5.86. The highest BCUT2D eigenvalue weighted by Gasteiger charge is 2.10. The first-order valence-electron chi connectivity index (χ1n) is 8.06. The van der Waals surface area contributed by atoms with Crippen LogP contribution in [-0.2, 0) is 17.6 Å². The van der Waals surface area contributed by atoms with Crippen LogP contribution in [-0.4, -0.2) is 26.2 Å². The Morgan fingerprint density at radius 3 is 2.84 bits per heavy atom. The maximum absolute atomic E-state index is 11.9. The average molecular weight is 360 g/mol. The summed E-state index contributed by atoms with van der Waals surface area (Å²) in [6.07, 6.45) is 2.34. The first kappa shape index (κ1) is 17.2. The Morgan fingerprint density at radius 1 is 1.32 bits per heavy atom. The lowest BCUT2D eigenvalue weighted by Gasteiger charge is -1.99. The van der Waals surface area contributed by atoms with Gasteiger partial charge in [0.2, 0.25) is 17.6 Å². The summed E-state index contributed by atoms with van der Waals surface area (Å²) in [4.78, 5) is 16.3. The van der Waals surface area contributed by atoms with Gasteiger partial charge in [0, 0.05) is 35.2 Å². The largest absolute Gasteiger partial charge is 0.339 e. The summed E-state index contributed by atoms with van der Waals surface area (Å²) in [5, 5.41) is 14.3. The molecule has 1 aromatic carbocycles. The van der Waals surface area contributed by atoms with Gasteiger partial charge in [-0.1, -0.05) is 23.7 Å². The molecule has 0 radical (unpaired) electrons. The molecule has 2 N–H and O–H groups in total. The first-order valence-corrected chi connectivity index (χ1v) is 8.44. The van der Waals surface area contributed by atoms with Crippen LogP contribution in [0.3, 0.4) is 0 Å². The number of aromatic nitrogens is 4. The number of benzene rings is 1. The summed E-state index contributed by atoms with van der Waals surface area (Å²) in [7, 11) is 0. The summed E-state index contributed by atoms with van der Waals surface area (Å²) in [5.74, 6) is 1.47. The van der Waals surface area contributed by atoms with Crippen molar-refractivity contribution in [3.63, 3.8) is 0 Å². The second-order valence-electron chi connectivity index (χ2n) is 5.55. The quantitative estimate of drug-likeness (QED) is 0.671. The van der Waals surface area contributed by atoms with E-state index in [-0.39, 0.29) is 5.91 Å². The van der Waals surface area contributed by atoms with Gasteiger partial charge in [-0.15, -0.1) is 0 Å². The van der Waals surface area contributed by atoms with Gasteiger partial charge < -0.3 is 9.84 Å². The number of halogens is 1. The lowest BCUT2D eigenvalue weighted by molar-refractivity contribution is -0.116. The lowest BCUT2D eigenvalue weighted by Crippen LogP contribution is -2.11. The van der Waals surface area contributed by atoms with Crippen molar-refractivity contribution in [2.24, 2.45) is 0 Å². The lowest BCUT2D eigenvalue weighted by atomic mass is 10.2. The number of carbonyl (C=O) groups excluding carboxylic acids is 1. The molecule has 0 unspecified atom stereocenters. The zero-order valence-corrected chi connectivity index (χ0v) is 14.5. The Labute approximate surface area is 149 Å². The van der Waals surface area contributed by atoms with Gasteiger partial charge in [0.15, 0.2) is 5.82 Å². The van der Waals surface area contributed by atoms with Crippen molar-refractivity contribution < 1.29 is 9.32 Å². The van der Waals surface area contributed by atoms with Gasteiger partial charge >= 0.3 is 0 Å². The summed E-state index contributed by atoms with van der Waals surface area (Å²) in [5.41, 5.74) is 1.82. The van der Waals surface area contributed by atoms with Gasteiger partial charge in [0.25, 0.3) is 0 Å². The number of aryl methyl sites for hydroxylation is 2. The van der Waals surface area contributed by atoms with E-state index >= 15 is 0 Å². The summed E-state index contributed by atoms with van der Waals surface area (Å²) in [6, 6.07) is 9.04. The Balaban J connectivity index is 1.47. The van der Waals surface area contributed by atoms with E-state index in [9.17, 15) is 4.79 Å². The molecule has 0 bridgehead atoms. The molecular weight excluding hydrogens is 342 g/mol. The maximum atomic E-state index is 11.9. The van der Waals surface area contributed by atoms with Crippen molar-refractivity contribution in [2.75, 3.05) is 5.32 Å². The third kappa shape index (κ3) is 4.67. The molecule has 3 aromatic rings. The van der Waals surface area contributed by atoms with Crippen molar-refractivity contribution in [3.8, 4) is 11.4 Å². The molecule has 0 spiro atoms. The van der Waals surface area contributed by atoms with E-state index in [1.165, 1.54) is 0 Å². The molecule has 0 aliphatic carbocycles. The van der Waals surface area contributed by atoms with E-state index in [1.54, 1.807) is 12.1 Å². The number of H-pyrrole nitrogens is 1. The average Bonchev–Trinajstić information content (AvgIpc) is 3.25. The number of nitrogens with one attached hydrogen (secondary N) is 2. The molecule has 2 aromatic heterocycles. The molecule has 0 atom stereocenters. The fourth-order valence-corrected chi connectivity index (χ4v) is 2.41. The number of anilines is 1. The molecule has 3 rings (SSSR count). The monoisotopic (exact) mass is 359 g/mol. The third-order valence-corrected chi connectivity index (χ3v) is 3.90. The third-order valence-electron chi connectivity index (χ3n) is 3.64. The SMILES string of the molecule is CCc1cc(NC(=O)CCCc2nc(-c3ccc(Cl)cc3)no2)n[nH]1. The van der Waals surface area contributed by atoms with Crippen molar-refractivity contribution in [1.29, 1.82) is 0 Å². The van der Waals surface area contributed by atoms with Gasteiger partial charge in [-0.2, -0.15) is 10.1 Å². The highest BCUT2D eigenvalue weighted by Crippen LogP contribution is 2.19. The van der Waals surface area contributed by atoms with Gasteiger partial charge in [0.1, 0.15) is 0 Å². The zero-order chi connectivity index (χ0) is 17.6. The molecule has 0 saturated carbocycles. The number of hydrogen-bond donors (Lipinski definition) is 2. The topological polar surface area (TPSA) is 96.7 Å². The van der Waals surface area contributed by atoms with E-state index in [2.05, 4.69) is 25.7 Å². The minimum absolute atomic E-state index is 0.0911. The van der Waals surface area contributed by atoms with Crippen molar-refractivity contribution in [3.05, 3.63) is 46.9 Å². The number of hydrogen-bond acceptors (Lipinski definition) is 5. The second-order valence-corrected chi connectivity index (χ2v) is 5.99. The van der Waals surface area contributed by atoms with Gasteiger partial charge in [0.05, 0.1) is 0 Å². The summed E-state index contributed by atoms with van der Waals surface area (Å²) < 4.78 is 5.22. The highest BCUT2D eigenvalue weighted by molar-refractivity contribution is 6.30. The Bertz CT molecular complexity index is 841. The number of amides is 1. The molecule has 130 valence electrons. The fourth-order valence-electron chi connectivity index (χ4n) is 2.28. The van der Waals surface area contributed by atoms with Crippen LogP contribution in [0.4, 0.5) is 5.82 Å². The van der Waals surface area contributed by atoms with Crippen LogP contribution >= 0.6 is 11.6 Å². The summed E-state index contributed by atoms with van der Waals surface area (Å²) in [6.45, 7) is 2.02.